The molecule has 21 heavy (non-hydrogen) atoms. The second kappa shape index (κ2) is 5.68. The lowest BCUT2D eigenvalue weighted by Gasteiger charge is -1.99. The van der Waals surface area contributed by atoms with Crippen molar-refractivity contribution in [2.24, 2.45) is 0 Å². The molecule has 0 spiro atoms. The van der Waals surface area contributed by atoms with Crippen LogP contribution in [0.2, 0.25) is 0 Å². The number of rotatable bonds is 3. The Balaban J connectivity index is 1.76. The molecule has 1 amide bonds. The van der Waals surface area contributed by atoms with Crippen LogP contribution in [0.3, 0.4) is 0 Å². The smallest absolute Gasteiger partial charge is 0.259 e. The number of nitrogens with two attached hydrogens (primary N) is 1. The molecule has 0 unspecified atom stereocenters. The summed E-state index contributed by atoms with van der Waals surface area (Å²) in [5, 5.41) is 11.9. The van der Waals surface area contributed by atoms with E-state index in [-0.39, 0.29) is 5.91 Å². The van der Waals surface area contributed by atoms with Crippen molar-refractivity contribution in [2.75, 3.05) is 11.1 Å². The van der Waals surface area contributed by atoms with Crippen LogP contribution in [0.25, 0.3) is 10.6 Å². The molecule has 0 radical (unpaired) electrons. The summed E-state index contributed by atoms with van der Waals surface area (Å²) in [4.78, 5) is 15.9. The Morgan fingerprint density at radius 1 is 1.14 bits per heavy atom. The van der Waals surface area contributed by atoms with Crippen LogP contribution in [-0.2, 0) is 0 Å². The maximum Gasteiger partial charge on any atom is 0.259 e. The number of amides is 1. The van der Waals surface area contributed by atoms with E-state index in [1.807, 2.05) is 12.1 Å². The van der Waals surface area contributed by atoms with Gasteiger partial charge >= 0.3 is 0 Å². The van der Waals surface area contributed by atoms with Gasteiger partial charge in [0.25, 0.3) is 5.91 Å². The molecule has 1 aromatic carbocycles. The Kier molecular flexibility index (Phi) is 3.57. The number of pyridine rings is 1. The van der Waals surface area contributed by atoms with Crippen molar-refractivity contribution in [3.05, 3.63) is 54.4 Å². The molecular weight excluding hydrogens is 286 g/mol. The van der Waals surface area contributed by atoms with Crippen molar-refractivity contribution in [3.63, 3.8) is 0 Å². The summed E-state index contributed by atoms with van der Waals surface area (Å²) >= 11 is 1.30. The molecule has 104 valence electrons. The molecule has 0 fully saturated rings. The second-order valence-corrected chi connectivity index (χ2v) is 5.21. The summed E-state index contributed by atoms with van der Waals surface area (Å²) in [6.07, 6.45) is 3.11. The van der Waals surface area contributed by atoms with E-state index >= 15 is 0 Å². The van der Waals surface area contributed by atoms with Crippen molar-refractivity contribution in [2.45, 2.75) is 0 Å². The van der Waals surface area contributed by atoms with Gasteiger partial charge in [0.2, 0.25) is 5.13 Å². The molecule has 7 heteroatoms. The largest absolute Gasteiger partial charge is 0.399 e. The third kappa shape index (κ3) is 3.03. The lowest BCUT2D eigenvalue weighted by atomic mass is 10.2. The standard InChI is InChI=1S/C14H11N5OS/c15-11-5-3-9(4-6-11)13-18-19-14(21-13)17-12(20)10-2-1-7-16-8-10/h1-8H,15H2,(H,17,19,20). The molecule has 0 bridgehead atoms. The molecule has 0 saturated carbocycles. The maximum atomic E-state index is 12.0. The zero-order chi connectivity index (χ0) is 14.7. The first kappa shape index (κ1) is 13.2. The summed E-state index contributed by atoms with van der Waals surface area (Å²) < 4.78 is 0. The molecule has 0 aliphatic carbocycles. The average molecular weight is 297 g/mol. The number of carbonyl (C=O) groups excluding carboxylic acids is 1. The lowest BCUT2D eigenvalue weighted by Crippen LogP contribution is -2.11. The number of nitrogen functional groups attached to an aromatic ring is 1. The van der Waals surface area contributed by atoms with Gasteiger partial charge in [-0.2, -0.15) is 0 Å². The van der Waals surface area contributed by atoms with Gasteiger partial charge in [-0.3, -0.25) is 15.1 Å². The number of benzene rings is 1. The molecule has 3 N–H and O–H groups in total. The summed E-state index contributed by atoms with van der Waals surface area (Å²) in [6, 6.07) is 10.7. The highest BCUT2D eigenvalue weighted by Gasteiger charge is 2.11. The van der Waals surface area contributed by atoms with Gasteiger partial charge in [-0.1, -0.05) is 11.3 Å². The number of hydrogen-bond donors (Lipinski definition) is 2. The number of carbonyl (C=O) groups is 1. The Bertz CT molecular complexity index is 755. The first-order valence-corrected chi connectivity index (χ1v) is 6.95. The van der Waals surface area contributed by atoms with Gasteiger partial charge in [0.15, 0.2) is 0 Å². The summed E-state index contributed by atoms with van der Waals surface area (Å²) in [6.45, 7) is 0. The third-order valence-electron chi connectivity index (χ3n) is 2.73. The molecule has 3 aromatic rings. The highest BCUT2D eigenvalue weighted by atomic mass is 32.1. The zero-order valence-electron chi connectivity index (χ0n) is 10.9. The van der Waals surface area contributed by atoms with Crippen LogP contribution in [-0.4, -0.2) is 21.1 Å². The van der Waals surface area contributed by atoms with E-state index in [4.69, 9.17) is 5.73 Å². The Morgan fingerprint density at radius 3 is 2.67 bits per heavy atom. The fourth-order valence-electron chi connectivity index (χ4n) is 1.68. The van der Waals surface area contributed by atoms with Gasteiger partial charge in [0.1, 0.15) is 5.01 Å². The van der Waals surface area contributed by atoms with Gasteiger partial charge in [-0.25, -0.2) is 0 Å². The summed E-state index contributed by atoms with van der Waals surface area (Å²) in [7, 11) is 0. The van der Waals surface area contributed by atoms with Crippen molar-refractivity contribution in [3.8, 4) is 10.6 Å². The predicted octanol–water partition coefficient (Wildman–Crippen LogP) is 2.43. The van der Waals surface area contributed by atoms with Crippen molar-refractivity contribution in [1.82, 2.24) is 15.2 Å². The quantitative estimate of drug-likeness (QED) is 0.724. The lowest BCUT2D eigenvalue weighted by molar-refractivity contribution is 0.102. The van der Waals surface area contributed by atoms with E-state index in [9.17, 15) is 4.79 Å². The Morgan fingerprint density at radius 2 is 1.95 bits per heavy atom. The van der Waals surface area contributed by atoms with E-state index in [0.717, 1.165) is 10.6 Å². The number of aromatic nitrogens is 3. The third-order valence-corrected chi connectivity index (χ3v) is 3.61. The highest BCUT2D eigenvalue weighted by Crippen LogP contribution is 2.27. The number of hydrogen-bond acceptors (Lipinski definition) is 6. The monoisotopic (exact) mass is 297 g/mol. The van der Waals surface area contributed by atoms with Crippen LogP contribution >= 0.6 is 11.3 Å². The minimum Gasteiger partial charge on any atom is -0.399 e. The minimum atomic E-state index is -0.261. The molecule has 0 aliphatic rings. The van der Waals surface area contributed by atoms with Crippen LogP contribution in [0.1, 0.15) is 10.4 Å². The van der Waals surface area contributed by atoms with Crippen LogP contribution in [0.5, 0.6) is 0 Å². The number of anilines is 2. The van der Waals surface area contributed by atoms with Crippen LogP contribution in [0.15, 0.2) is 48.8 Å². The topological polar surface area (TPSA) is 93.8 Å². The molecule has 2 heterocycles. The van der Waals surface area contributed by atoms with Crippen LogP contribution in [0, 0.1) is 0 Å². The first-order chi connectivity index (χ1) is 10.2. The zero-order valence-corrected chi connectivity index (χ0v) is 11.7. The number of nitrogens with one attached hydrogen (secondary N) is 1. The maximum absolute atomic E-state index is 12.0. The first-order valence-electron chi connectivity index (χ1n) is 6.13. The predicted molar refractivity (Wildman–Crippen MR) is 81.9 cm³/mol. The average Bonchev–Trinajstić information content (AvgIpc) is 2.97. The number of nitrogens with zero attached hydrogens (tertiary/aromatic N) is 3. The highest BCUT2D eigenvalue weighted by molar-refractivity contribution is 7.18. The van der Waals surface area contributed by atoms with E-state index in [1.54, 1.807) is 30.5 Å². The fourth-order valence-corrected chi connectivity index (χ4v) is 2.43. The second-order valence-electron chi connectivity index (χ2n) is 4.23. The Labute approximate surface area is 124 Å². The van der Waals surface area contributed by atoms with Crippen LogP contribution < -0.4 is 11.1 Å². The van der Waals surface area contributed by atoms with Crippen LogP contribution in [0.4, 0.5) is 10.8 Å². The SMILES string of the molecule is Nc1ccc(-c2nnc(NC(=O)c3cccnc3)s2)cc1. The summed E-state index contributed by atoms with van der Waals surface area (Å²) in [5.74, 6) is -0.261. The van der Waals surface area contributed by atoms with E-state index in [2.05, 4.69) is 20.5 Å². The van der Waals surface area contributed by atoms with Crippen molar-refractivity contribution < 1.29 is 4.79 Å². The normalized spacial score (nSPS) is 10.3. The van der Waals surface area contributed by atoms with Crippen molar-refractivity contribution >= 4 is 28.1 Å². The van der Waals surface area contributed by atoms with Gasteiger partial charge in [-0.05, 0) is 36.4 Å². The molecule has 6 nitrogen and oxygen atoms in total. The van der Waals surface area contributed by atoms with Gasteiger partial charge < -0.3 is 5.73 Å². The molecule has 0 saturated heterocycles. The molecule has 3 rings (SSSR count). The molecule has 0 atom stereocenters. The fraction of sp³-hybridized carbons (Fsp3) is 0. The van der Waals surface area contributed by atoms with E-state index in [1.165, 1.54) is 17.5 Å². The molecule has 2 aromatic heterocycles. The van der Waals surface area contributed by atoms with Gasteiger partial charge in [0, 0.05) is 23.6 Å². The Hall–Kier alpha value is -2.80. The van der Waals surface area contributed by atoms with E-state index in [0.29, 0.717) is 16.4 Å². The van der Waals surface area contributed by atoms with Gasteiger partial charge in [0.05, 0.1) is 5.56 Å². The van der Waals surface area contributed by atoms with E-state index < -0.39 is 0 Å². The summed E-state index contributed by atoms with van der Waals surface area (Å²) in [5.41, 5.74) is 7.71. The minimum absolute atomic E-state index is 0.261. The molecule has 0 aliphatic heterocycles. The van der Waals surface area contributed by atoms with Gasteiger partial charge in [-0.15, -0.1) is 10.2 Å². The van der Waals surface area contributed by atoms with Crippen molar-refractivity contribution in [1.29, 1.82) is 0 Å². The molecular formula is C14H11N5OS.